The normalized spacial score (nSPS) is 11.1. The molecule has 0 aliphatic rings. The number of carbonyl (C=O) groups is 3. The van der Waals surface area contributed by atoms with E-state index in [0.29, 0.717) is 39.6 Å². The highest BCUT2D eigenvalue weighted by atomic mass is 16.5. The fraction of sp³-hybridized carbons (Fsp3) is 0.0750. The lowest BCUT2D eigenvalue weighted by Crippen LogP contribution is -2.30. The van der Waals surface area contributed by atoms with Gasteiger partial charge in [-0.15, -0.1) is 0 Å². The van der Waals surface area contributed by atoms with Crippen LogP contribution in [-0.2, 0) is 4.79 Å². The number of allylic oxidation sites excluding steroid dienone is 1. The first kappa shape index (κ1) is 33.0. The molecule has 5 aromatic carbocycles. The van der Waals surface area contributed by atoms with Crippen LogP contribution in [-0.4, -0.2) is 38.9 Å². The molecule has 0 heterocycles. The van der Waals surface area contributed by atoms with Gasteiger partial charge in [-0.2, -0.15) is 0 Å². The summed E-state index contributed by atoms with van der Waals surface area (Å²) < 4.78 is 16.1. The van der Waals surface area contributed by atoms with Gasteiger partial charge >= 0.3 is 0 Å². The van der Waals surface area contributed by atoms with Crippen LogP contribution in [0.5, 0.6) is 17.2 Å². The summed E-state index contributed by atoms with van der Waals surface area (Å²) in [5.41, 5.74) is 4.80. The van der Waals surface area contributed by atoms with Crippen molar-refractivity contribution >= 4 is 35.4 Å². The van der Waals surface area contributed by atoms with Crippen LogP contribution in [0.25, 0.3) is 23.3 Å². The molecule has 0 saturated carbocycles. The third-order valence-electron chi connectivity index (χ3n) is 7.44. The Kier molecular flexibility index (Phi) is 10.8. The molecular weight excluding hydrogens is 604 g/mol. The molecule has 48 heavy (non-hydrogen) atoms. The van der Waals surface area contributed by atoms with E-state index in [1.54, 1.807) is 72.8 Å². The van der Waals surface area contributed by atoms with Crippen molar-refractivity contribution in [1.29, 1.82) is 0 Å². The van der Waals surface area contributed by atoms with Crippen LogP contribution in [0.3, 0.4) is 0 Å². The summed E-state index contributed by atoms with van der Waals surface area (Å²) in [6, 6.07) is 36.2. The van der Waals surface area contributed by atoms with E-state index in [1.807, 2.05) is 60.7 Å². The Labute approximate surface area is 279 Å². The third-order valence-corrected chi connectivity index (χ3v) is 7.44. The van der Waals surface area contributed by atoms with E-state index in [0.717, 1.165) is 16.7 Å². The first-order chi connectivity index (χ1) is 23.4. The molecule has 0 radical (unpaired) electrons. The summed E-state index contributed by atoms with van der Waals surface area (Å²) in [7, 11) is 4.59. The fourth-order valence-electron chi connectivity index (χ4n) is 4.87. The van der Waals surface area contributed by atoms with Crippen molar-refractivity contribution < 1.29 is 28.6 Å². The lowest BCUT2D eigenvalue weighted by molar-refractivity contribution is -0.113. The summed E-state index contributed by atoms with van der Waals surface area (Å²) in [5, 5.41) is 5.58. The van der Waals surface area contributed by atoms with E-state index in [4.69, 9.17) is 14.2 Å². The van der Waals surface area contributed by atoms with Crippen molar-refractivity contribution in [2.24, 2.45) is 0 Å². The van der Waals surface area contributed by atoms with E-state index in [1.165, 1.54) is 27.4 Å². The Morgan fingerprint density at radius 2 is 1.19 bits per heavy atom. The molecule has 0 aliphatic carbocycles. The summed E-state index contributed by atoms with van der Waals surface area (Å²) in [5.74, 6) is 0.337. The largest absolute Gasteiger partial charge is 0.496 e. The zero-order valence-corrected chi connectivity index (χ0v) is 26.7. The van der Waals surface area contributed by atoms with Crippen molar-refractivity contribution in [3.8, 4) is 28.4 Å². The van der Waals surface area contributed by atoms with E-state index in [-0.39, 0.29) is 11.5 Å². The molecule has 0 unspecified atom stereocenters. The van der Waals surface area contributed by atoms with E-state index in [2.05, 4.69) is 10.6 Å². The second-order valence-corrected chi connectivity index (χ2v) is 10.5. The fourth-order valence-corrected chi connectivity index (χ4v) is 4.87. The van der Waals surface area contributed by atoms with Gasteiger partial charge in [0.15, 0.2) is 17.3 Å². The van der Waals surface area contributed by atoms with Crippen molar-refractivity contribution in [2.45, 2.75) is 0 Å². The number of anilines is 1. The number of amides is 2. The smallest absolute Gasteiger partial charge is 0.272 e. The Morgan fingerprint density at radius 3 is 1.81 bits per heavy atom. The number of benzene rings is 5. The van der Waals surface area contributed by atoms with Crippen LogP contribution in [0.4, 0.5) is 5.69 Å². The summed E-state index contributed by atoms with van der Waals surface area (Å²) in [6.45, 7) is 0. The van der Waals surface area contributed by atoms with Gasteiger partial charge in [-0.25, -0.2) is 0 Å². The van der Waals surface area contributed by atoms with Gasteiger partial charge in [0.25, 0.3) is 11.8 Å². The molecule has 8 nitrogen and oxygen atoms in total. The van der Waals surface area contributed by atoms with Crippen LogP contribution in [0, 0.1) is 0 Å². The zero-order chi connectivity index (χ0) is 33.9. The summed E-state index contributed by atoms with van der Waals surface area (Å²) in [4.78, 5) is 39.5. The van der Waals surface area contributed by atoms with Gasteiger partial charge in [0, 0.05) is 28.4 Å². The first-order valence-corrected chi connectivity index (χ1v) is 15.1. The molecule has 5 rings (SSSR count). The number of hydrogen-bond donors (Lipinski definition) is 2. The first-order valence-electron chi connectivity index (χ1n) is 15.1. The minimum atomic E-state index is -0.522. The molecule has 0 spiro atoms. The number of hydrogen-bond acceptors (Lipinski definition) is 6. The molecule has 240 valence electrons. The predicted octanol–water partition coefficient (Wildman–Crippen LogP) is 7.69. The summed E-state index contributed by atoms with van der Waals surface area (Å²) in [6.07, 6.45) is 4.69. The maximum atomic E-state index is 13.5. The average Bonchev–Trinajstić information content (AvgIpc) is 3.14. The van der Waals surface area contributed by atoms with Crippen LogP contribution in [0.1, 0.15) is 31.8 Å². The summed E-state index contributed by atoms with van der Waals surface area (Å²) >= 11 is 0. The standard InChI is InChI=1S/C40H34N2O6/c1-46-36-26-38(48-3)37(47-2)25-32(36)20-23-35(43)30-18-21-33(22-19-30)41-40(45)34(42-39(44)31-12-8-5-9-13-31)24-27-14-16-29(17-15-27)28-10-6-4-7-11-28/h4-26H,1-3H3,(H,41,45)(H,42,44)/b23-20+,34-24-. The van der Waals surface area contributed by atoms with Gasteiger partial charge in [-0.1, -0.05) is 72.8 Å². The van der Waals surface area contributed by atoms with Crippen molar-refractivity contribution in [2.75, 3.05) is 26.6 Å². The van der Waals surface area contributed by atoms with Crippen molar-refractivity contribution in [3.63, 3.8) is 0 Å². The van der Waals surface area contributed by atoms with Gasteiger partial charge in [-0.05, 0) is 77.4 Å². The maximum Gasteiger partial charge on any atom is 0.272 e. The molecule has 8 heteroatoms. The number of ether oxygens (including phenoxy) is 3. The second-order valence-electron chi connectivity index (χ2n) is 10.5. The van der Waals surface area contributed by atoms with Crippen LogP contribution >= 0.6 is 0 Å². The minimum absolute atomic E-state index is 0.0586. The zero-order valence-electron chi connectivity index (χ0n) is 26.7. The number of nitrogens with one attached hydrogen (secondary N) is 2. The minimum Gasteiger partial charge on any atom is -0.496 e. The Hall–Kier alpha value is -6.41. The second kappa shape index (κ2) is 15.7. The van der Waals surface area contributed by atoms with Crippen molar-refractivity contribution in [3.05, 3.63) is 155 Å². The van der Waals surface area contributed by atoms with Gasteiger partial charge in [0.2, 0.25) is 0 Å². The van der Waals surface area contributed by atoms with E-state index >= 15 is 0 Å². The Balaban J connectivity index is 1.33. The average molecular weight is 639 g/mol. The monoisotopic (exact) mass is 638 g/mol. The number of ketones is 1. The highest BCUT2D eigenvalue weighted by molar-refractivity contribution is 6.11. The molecule has 2 amide bonds. The molecule has 0 saturated heterocycles. The van der Waals surface area contributed by atoms with Gasteiger partial charge in [0.1, 0.15) is 11.4 Å². The molecular formula is C40H34N2O6. The molecule has 0 aliphatic heterocycles. The Bertz CT molecular complexity index is 1950. The van der Waals surface area contributed by atoms with Gasteiger partial charge in [-0.3, -0.25) is 14.4 Å². The number of methoxy groups -OCH3 is 3. The lowest BCUT2D eigenvalue weighted by Gasteiger charge is -2.12. The van der Waals surface area contributed by atoms with Crippen LogP contribution in [0.15, 0.2) is 133 Å². The predicted molar refractivity (Wildman–Crippen MR) is 188 cm³/mol. The maximum absolute atomic E-state index is 13.5. The van der Waals surface area contributed by atoms with Gasteiger partial charge in [0.05, 0.1) is 21.3 Å². The molecule has 0 aromatic heterocycles. The topological polar surface area (TPSA) is 103 Å². The molecule has 5 aromatic rings. The van der Waals surface area contributed by atoms with Crippen LogP contribution in [0.2, 0.25) is 0 Å². The van der Waals surface area contributed by atoms with Crippen molar-refractivity contribution in [1.82, 2.24) is 5.32 Å². The Morgan fingerprint density at radius 1 is 0.604 bits per heavy atom. The quantitative estimate of drug-likeness (QED) is 0.107. The molecule has 0 bridgehead atoms. The van der Waals surface area contributed by atoms with E-state index in [9.17, 15) is 14.4 Å². The molecule has 0 atom stereocenters. The van der Waals surface area contributed by atoms with Crippen LogP contribution < -0.4 is 24.8 Å². The van der Waals surface area contributed by atoms with Gasteiger partial charge < -0.3 is 24.8 Å². The molecule has 0 fully saturated rings. The highest BCUT2D eigenvalue weighted by Gasteiger charge is 2.16. The SMILES string of the molecule is COc1cc(OC)c(OC)cc1/C=C/C(=O)c1ccc(NC(=O)/C(=C/c2ccc(-c3ccccc3)cc2)NC(=O)c2ccccc2)cc1. The number of carbonyl (C=O) groups excluding carboxylic acids is 3. The lowest BCUT2D eigenvalue weighted by atomic mass is 10.0. The third kappa shape index (κ3) is 8.24. The molecule has 2 N–H and O–H groups in total. The highest BCUT2D eigenvalue weighted by Crippen LogP contribution is 2.35. The van der Waals surface area contributed by atoms with E-state index < -0.39 is 11.8 Å². The number of rotatable bonds is 12.